The van der Waals surface area contributed by atoms with Crippen LogP contribution in [0.2, 0.25) is 0 Å². The lowest BCUT2D eigenvalue weighted by Crippen LogP contribution is -2.27. The smallest absolute Gasteiger partial charge is 0.277 e. The molecule has 1 amide bonds. The van der Waals surface area contributed by atoms with E-state index in [4.69, 9.17) is 8.83 Å². The fourth-order valence-corrected chi connectivity index (χ4v) is 3.02. The molecule has 3 aromatic rings. The Labute approximate surface area is 150 Å². The molecule has 130 valence electrons. The minimum atomic E-state index is -0.0327. The Hall–Kier alpha value is -2.54. The summed E-state index contributed by atoms with van der Waals surface area (Å²) in [5, 5.41) is 8.46. The Morgan fingerprint density at radius 2 is 1.92 bits per heavy atom. The zero-order valence-corrected chi connectivity index (χ0v) is 15.2. The van der Waals surface area contributed by atoms with E-state index in [2.05, 4.69) is 10.2 Å². The van der Waals surface area contributed by atoms with Gasteiger partial charge < -0.3 is 13.7 Å². The third-order valence-electron chi connectivity index (χ3n) is 3.72. The molecular formula is C18H19N3O3S. The van der Waals surface area contributed by atoms with Crippen LogP contribution in [0.3, 0.4) is 0 Å². The van der Waals surface area contributed by atoms with Crippen LogP contribution in [0.4, 0.5) is 0 Å². The molecule has 3 rings (SSSR count). The van der Waals surface area contributed by atoms with E-state index in [0.717, 1.165) is 22.6 Å². The first-order valence-electron chi connectivity index (χ1n) is 7.84. The minimum Gasteiger partial charge on any atom is -0.464 e. The predicted molar refractivity (Wildman–Crippen MR) is 95.1 cm³/mol. The number of nitrogens with zero attached hydrogens (tertiary/aromatic N) is 3. The summed E-state index contributed by atoms with van der Waals surface area (Å²) < 4.78 is 11.1. The molecular weight excluding hydrogens is 338 g/mol. The van der Waals surface area contributed by atoms with Crippen molar-refractivity contribution in [3.63, 3.8) is 0 Å². The zero-order chi connectivity index (χ0) is 17.8. The molecule has 0 radical (unpaired) electrons. The second-order valence-electron chi connectivity index (χ2n) is 5.74. The number of carbonyl (C=O) groups excluding carboxylic acids is 1. The van der Waals surface area contributed by atoms with E-state index in [9.17, 15) is 4.79 Å². The second kappa shape index (κ2) is 7.57. The maximum atomic E-state index is 12.2. The molecule has 2 aromatic heterocycles. The third-order valence-corrected chi connectivity index (χ3v) is 4.52. The van der Waals surface area contributed by atoms with Crippen LogP contribution in [0.5, 0.6) is 0 Å². The van der Waals surface area contributed by atoms with Gasteiger partial charge in [0, 0.05) is 12.6 Å². The lowest BCUT2D eigenvalue weighted by Gasteiger charge is -2.14. The van der Waals surface area contributed by atoms with Gasteiger partial charge in [0.05, 0.1) is 12.3 Å². The standard InChI is InChI=1S/C18H19N3O3S/c1-12-6-4-5-7-15(12)17-19-20-18(24-17)25-11-16(22)21(3)10-14-9-8-13(2)23-14/h4-9H,10-11H2,1-3H3. The van der Waals surface area contributed by atoms with E-state index in [1.807, 2.05) is 50.2 Å². The molecule has 0 aliphatic carbocycles. The first-order chi connectivity index (χ1) is 12.0. The first-order valence-corrected chi connectivity index (χ1v) is 8.83. The van der Waals surface area contributed by atoms with Crippen LogP contribution < -0.4 is 0 Å². The third kappa shape index (κ3) is 4.30. The highest BCUT2D eigenvalue weighted by atomic mass is 32.2. The number of rotatable bonds is 6. The van der Waals surface area contributed by atoms with Crippen molar-refractivity contribution < 1.29 is 13.6 Å². The van der Waals surface area contributed by atoms with Crippen molar-refractivity contribution in [3.05, 3.63) is 53.5 Å². The van der Waals surface area contributed by atoms with Gasteiger partial charge in [0.2, 0.25) is 11.8 Å². The molecule has 0 N–H and O–H groups in total. The quantitative estimate of drug-likeness (QED) is 0.627. The van der Waals surface area contributed by atoms with Crippen LogP contribution in [0.15, 0.2) is 50.5 Å². The molecule has 25 heavy (non-hydrogen) atoms. The van der Waals surface area contributed by atoms with Crippen LogP contribution >= 0.6 is 11.8 Å². The van der Waals surface area contributed by atoms with E-state index < -0.39 is 0 Å². The maximum Gasteiger partial charge on any atom is 0.277 e. The average molecular weight is 357 g/mol. The van der Waals surface area contributed by atoms with E-state index >= 15 is 0 Å². The van der Waals surface area contributed by atoms with Gasteiger partial charge in [-0.25, -0.2) is 0 Å². The fraction of sp³-hybridized carbons (Fsp3) is 0.278. The van der Waals surface area contributed by atoms with Gasteiger partial charge in [-0.2, -0.15) is 0 Å². The molecule has 0 unspecified atom stereocenters. The van der Waals surface area contributed by atoms with Crippen molar-refractivity contribution >= 4 is 17.7 Å². The summed E-state index contributed by atoms with van der Waals surface area (Å²) in [7, 11) is 1.74. The number of furan rings is 1. The van der Waals surface area contributed by atoms with Crippen molar-refractivity contribution in [2.75, 3.05) is 12.8 Å². The van der Waals surface area contributed by atoms with Gasteiger partial charge in [-0.3, -0.25) is 4.79 Å². The zero-order valence-electron chi connectivity index (χ0n) is 14.4. The van der Waals surface area contributed by atoms with Gasteiger partial charge in [-0.05, 0) is 37.6 Å². The highest BCUT2D eigenvalue weighted by Crippen LogP contribution is 2.25. The lowest BCUT2D eigenvalue weighted by atomic mass is 10.1. The number of thioether (sulfide) groups is 1. The molecule has 0 aliphatic rings. The summed E-state index contributed by atoms with van der Waals surface area (Å²) in [6.45, 7) is 4.30. The van der Waals surface area contributed by atoms with E-state index in [0.29, 0.717) is 17.7 Å². The molecule has 2 heterocycles. The summed E-state index contributed by atoms with van der Waals surface area (Å²) >= 11 is 1.23. The molecule has 0 aliphatic heterocycles. The van der Waals surface area contributed by atoms with Gasteiger partial charge in [0.25, 0.3) is 5.22 Å². The van der Waals surface area contributed by atoms with E-state index in [-0.39, 0.29) is 11.7 Å². The summed E-state index contributed by atoms with van der Waals surface area (Å²) in [5.41, 5.74) is 1.96. The number of hydrogen-bond acceptors (Lipinski definition) is 6. The van der Waals surface area contributed by atoms with Crippen molar-refractivity contribution in [2.24, 2.45) is 0 Å². The number of aryl methyl sites for hydroxylation is 2. The molecule has 0 saturated carbocycles. The fourth-order valence-electron chi connectivity index (χ4n) is 2.32. The molecule has 0 bridgehead atoms. The van der Waals surface area contributed by atoms with Gasteiger partial charge in [0.15, 0.2) is 0 Å². The molecule has 7 heteroatoms. The lowest BCUT2D eigenvalue weighted by molar-refractivity contribution is -0.127. The van der Waals surface area contributed by atoms with Crippen LogP contribution in [0.25, 0.3) is 11.5 Å². The molecule has 6 nitrogen and oxygen atoms in total. The van der Waals surface area contributed by atoms with Crippen molar-refractivity contribution in [1.29, 1.82) is 0 Å². The molecule has 1 aromatic carbocycles. The van der Waals surface area contributed by atoms with Crippen LogP contribution in [-0.4, -0.2) is 33.8 Å². The largest absolute Gasteiger partial charge is 0.464 e. The van der Waals surface area contributed by atoms with Gasteiger partial charge in [-0.15, -0.1) is 10.2 Å². The average Bonchev–Trinajstić information content (AvgIpc) is 3.22. The Bertz CT molecular complexity index is 872. The van der Waals surface area contributed by atoms with Crippen LogP contribution in [-0.2, 0) is 11.3 Å². The highest BCUT2D eigenvalue weighted by Gasteiger charge is 2.15. The molecule has 0 atom stereocenters. The number of benzene rings is 1. The number of carbonyl (C=O) groups is 1. The summed E-state index contributed by atoms with van der Waals surface area (Å²) in [6.07, 6.45) is 0. The number of hydrogen-bond donors (Lipinski definition) is 0. The molecule has 0 spiro atoms. The summed E-state index contributed by atoms with van der Waals surface area (Å²) in [6, 6.07) is 11.6. The topological polar surface area (TPSA) is 72.4 Å². The van der Waals surface area contributed by atoms with Crippen LogP contribution in [0.1, 0.15) is 17.1 Å². The maximum absolute atomic E-state index is 12.2. The predicted octanol–water partition coefficient (Wildman–Crippen LogP) is 3.70. The minimum absolute atomic E-state index is 0.0327. The van der Waals surface area contributed by atoms with Crippen molar-refractivity contribution in [3.8, 4) is 11.5 Å². The molecule has 0 fully saturated rings. The Morgan fingerprint density at radius 3 is 2.64 bits per heavy atom. The SMILES string of the molecule is Cc1ccc(CN(C)C(=O)CSc2nnc(-c3ccccc3C)o2)o1. The van der Waals surface area contributed by atoms with E-state index in [1.54, 1.807) is 11.9 Å². The monoisotopic (exact) mass is 357 g/mol. The normalized spacial score (nSPS) is 10.8. The highest BCUT2D eigenvalue weighted by molar-refractivity contribution is 7.99. The van der Waals surface area contributed by atoms with Crippen LogP contribution in [0, 0.1) is 13.8 Å². The van der Waals surface area contributed by atoms with Gasteiger partial charge in [0.1, 0.15) is 11.5 Å². The Morgan fingerprint density at radius 1 is 1.12 bits per heavy atom. The Kier molecular flexibility index (Phi) is 5.23. The van der Waals surface area contributed by atoms with Gasteiger partial charge >= 0.3 is 0 Å². The number of amides is 1. The number of aromatic nitrogens is 2. The first kappa shape index (κ1) is 17.3. The van der Waals surface area contributed by atoms with Gasteiger partial charge in [-0.1, -0.05) is 30.0 Å². The second-order valence-corrected chi connectivity index (χ2v) is 6.67. The Balaban J connectivity index is 1.56. The van der Waals surface area contributed by atoms with E-state index in [1.165, 1.54) is 11.8 Å². The van der Waals surface area contributed by atoms with Crippen molar-refractivity contribution in [2.45, 2.75) is 25.6 Å². The summed E-state index contributed by atoms with van der Waals surface area (Å²) in [5.74, 6) is 2.26. The molecule has 0 saturated heterocycles. The van der Waals surface area contributed by atoms with Crippen molar-refractivity contribution in [1.82, 2.24) is 15.1 Å². The summed E-state index contributed by atoms with van der Waals surface area (Å²) in [4.78, 5) is 13.8.